The molecule has 20 heavy (non-hydrogen) atoms. The number of nitrogens with one attached hydrogen (secondary N) is 1. The number of nitriles is 1. The summed E-state index contributed by atoms with van der Waals surface area (Å²) in [5.74, 6) is 1.76. The Bertz CT molecular complexity index is 651. The molecule has 0 aromatic carbocycles. The van der Waals surface area contributed by atoms with Crippen molar-refractivity contribution >= 4 is 11.6 Å². The Balaban J connectivity index is 1.97. The van der Waals surface area contributed by atoms with E-state index in [9.17, 15) is 5.26 Å². The Morgan fingerprint density at radius 2 is 2.15 bits per heavy atom. The van der Waals surface area contributed by atoms with Crippen molar-refractivity contribution in [2.24, 2.45) is 5.92 Å². The van der Waals surface area contributed by atoms with E-state index in [0.717, 1.165) is 0 Å². The van der Waals surface area contributed by atoms with E-state index in [1.807, 2.05) is 0 Å². The summed E-state index contributed by atoms with van der Waals surface area (Å²) in [4.78, 5) is 8.19. The summed E-state index contributed by atoms with van der Waals surface area (Å²) in [6, 6.07) is 4.08. The first-order valence-electron chi connectivity index (χ1n) is 6.53. The minimum Gasteiger partial charge on any atom is -0.382 e. The molecule has 1 fully saturated rings. The number of rotatable bonds is 4. The van der Waals surface area contributed by atoms with Gasteiger partial charge in [0.25, 0.3) is 5.95 Å². The smallest absolute Gasteiger partial charge is 0.252 e. The van der Waals surface area contributed by atoms with Gasteiger partial charge in [0.15, 0.2) is 11.6 Å². The maximum Gasteiger partial charge on any atom is 0.252 e. The molecule has 1 unspecified atom stereocenters. The molecule has 102 valence electrons. The average molecular weight is 269 g/mol. The van der Waals surface area contributed by atoms with Crippen LogP contribution in [0.1, 0.15) is 25.3 Å². The van der Waals surface area contributed by atoms with Gasteiger partial charge >= 0.3 is 0 Å². The Kier molecular flexibility index (Phi) is 2.99. The quantitative estimate of drug-likeness (QED) is 0.867. The molecular formula is C13H15N7. The predicted octanol–water partition coefficient (Wildman–Crippen LogP) is 1.33. The van der Waals surface area contributed by atoms with Crippen LogP contribution in [0.2, 0.25) is 0 Å². The van der Waals surface area contributed by atoms with Gasteiger partial charge in [-0.25, -0.2) is 9.97 Å². The number of hydrogen-bond donors (Lipinski definition) is 2. The molecular weight excluding hydrogens is 254 g/mol. The average Bonchev–Trinajstić information content (AvgIpc) is 3.26. The Labute approximate surface area is 116 Å². The van der Waals surface area contributed by atoms with E-state index >= 15 is 0 Å². The fourth-order valence-electron chi connectivity index (χ4n) is 2.13. The first kappa shape index (κ1) is 12.4. The molecule has 0 radical (unpaired) electrons. The van der Waals surface area contributed by atoms with Gasteiger partial charge in [-0.15, -0.1) is 5.10 Å². The van der Waals surface area contributed by atoms with Crippen LogP contribution in [-0.2, 0) is 0 Å². The number of nitrogen functional groups attached to an aromatic ring is 1. The Hall–Kier alpha value is -2.62. The van der Waals surface area contributed by atoms with Gasteiger partial charge in [0.2, 0.25) is 0 Å². The van der Waals surface area contributed by atoms with Crippen molar-refractivity contribution in [3.05, 3.63) is 24.0 Å². The molecule has 2 aromatic heterocycles. The number of aromatic nitrogens is 4. The minimum atomic E-state index is 0.254. The summed E-state index contributed by atoms with van der Waals surface area (Å²) in [6.45, 7) is 2.09. The van der Waals surface area contributed by atoms with Gasteiger partial charge in [0.05, 0.1) is 0 Å². The van der Waals surface area contributed by atoms with Crippen molar-refractivity contribution in [2.75, 3.05) is 11.1 Å². The lowest BCUT2D eigenvalue weighted by Crippen LogP contribution is -2.18. The van der Waals surface area contributed by atoms with Crippen molar-refractivity contribution in [3.8, 4) is 12.0 Å². The minimum absolute atomic E-state index is 0.254. The first-order valence-corrected chi connectivity index (χ1v) is 6.53. The lowest BCUT2D eigenvalue weighted by Gasteiger charge is -2.11. The molecule has 7 heteroatoms. The molecule has 1 aliphatic carbocycles. The zero-order valence-corrected chi connectivity index (χ0v) is 11.1. The molecule has 0 saturated heterocycles. The zero-order chi connectivity index (χ0) is 14.1. The van der Waals surface area contributed by atoms with Crippen LogP contribution in [0.4, 0.5) is 11.6 Å². The van der Waals surface area contributed by atoms with Gasteiger partial charge in [0, 0.05) is 18.4 Å². The number of nitrogens with two attached hydrogens (primary N) is 1. The first-order chi connectivity index (χ1) is 9.70. The summed E-state index contributed by atoms with van der Waals surface area (Å²) in [5, 5.41) is 16.9. The molecule has 0 spiro atoms. The molecule has 3 N–H and O–H groups in total. The van der Waals surface area contributed by atoms with Crippen molar-refractivity contribution in [1.82, 2.24) is 19.7 Å². The van der Waals surface area contributed by atoms with Gasteiger partial charge in [0.1, 0.15) is 11.6 Å². The topological polar surface area (TPSA) is 105 Å². The summed E-state index contributed by atoms with van der Waals surface area (Å²) >= 11 is 0. The lowest BCUT2D eigenvalue weighted by atomic mass is 10.2. The number of hydrogen-bond acceptors (Lipinski definition) is 6. The molecule has 0 amide bonds. The van der Waals surface area contributed by atoms with E-state index < -0.39 is 0 Å². The molecule has 0 aliphatic heterocycles. The standard InChI is InChI=1S/C13H15N7/c1-8(9-3-4-9)18-12-10(7-14)11(15)20(19-12)13-16-5-2-6-17-13/h2,5-6,8-9H,3-4,15H2,1H3,(H,18,19). The van der Waals surface area contributed by atoms with Crippen molar-refractivity contribution in [1.29, 1.82) is 5.26 Å². The second-order valence-corrected chi connectivity index (χ2v) is 4.95. The van der Waals surface area contributed by atoms with Crippen LogP contribution >= 0.6 is 0 Å². The summed E-state index contributed by atoms with van der Waals surface area (Å²) in [5.41, 5.74) is 6.31. The molecule has 2 heterocycles. The van der Waals surface area contributed by atoms with Crippen LogP contribution in [-0.4, -0.2) is 25.8 Å². The highest BCUT2D eigenvalue weighted by Crippen LogP contribution is 2.34. The van der Waals surface area contributed by atoms with Crippen LogP contribution in [0.15, 0.2) is 18.5 Å². The largest absolute Gasteiger partial charge is 0.382 e. The highest BCUT2D eigenvalue weighted by atomic mass is 15.4. The molecule has 1 atom stereocenters. The SMILES string of the molecule is CC(Nc1nn(-c2ncccn2)c(N)c1C#N)C1CC1. The third-order valence-corrected chi connectivity index (χ3v) is 3.47. The van der Waals surface area contributed by atoms with Gasteiger partial charge in [-0.2, -0.15) is 9.94 Å². The van der Waals surface area contributed by atoms with E-state index in [-0.39, 0.29) is 11.9 Å². The maximum atomic E-state index is 9.26. The van der Waals surface area contributed by atoms with E-state index in [1.165, 1.54) is 17.5 Å². The van der Waals surface area contributed by atoms with Gasteiger partial charge in [-0.1, -0.05) is 0 Å². The second kappa shape index (κ2) is 4.81. The van der Waals surface area contributed by atoms with Crippen molar-refractivity contribution in [2.45, 2.75) is 25.8 Å². The predicted molar refractivity (Wildman–Crippen MR) is 74.1 cm³/mol. The summed E-state index contributed by atoms with van der Waals surface area (Å²) < 4.78 is 1.39. The molecule has 1 aliphatic rings. The van der Waals surface area contributed by atoms with Gasteiger partial charge in [-0.3, -0.25) is 0 Å². The molecule has 7 nitrogen and oxygen atoms in total. The van der Waals surface area contributed by atoms with Gasteiger partial charge < -0.3 is 11.1 Å². The van der Waals surface area contributed by atoms with Crippen LogP contribution in [0, 0.1) is 17.2 Å². The third-order valence-electron chi connectivity index (χ3n) is 3.47. The lowest BCUT2D eigenvalue weighted by molar-refractivity contribution is 0.686. The van der Waals surface area contributed by atoms with E-state index in [2.05, 4.69) is 33.4 Å². The number of anilines is 2. The fraction of sp³-hybridized carbons (Fsp3) is 0.385. The fourth-order valence-corrected chi connectivity index (χ4v) is 2.13. The van der Waals surface area contributed by atoms with E-state index in [4.69, 9.17) is 5.73 Å². The summed E-state index contributed by atoms with van der Waals surface area (Å²) in [7, 11) is 0. The van der Waals surface area contributed by atoms with Crippen molar-refractivity contribution in [3.63, 3.8) is 0 Å². The molecule has 0 bridgehead atoms. The third kappa shape index (κ3) is 2.16. The highest BCUT2D eigenvalue weighted by Gasteiger charge is 2.29. The maximum absolute atomic E-state index is 9.26. The monoisotopic (exact) mass is 269 g/mol. The highest BCUT2D eigenvalue weighted by molar-refractivity contribution is 5.65. The molecule has 1 saturated carbocycles. The van der Waals surface area contributed by atoms with Gasteiger partial charge in [-0.05, 0) is 31.7 Å². The normalized spacial score (nSPS) is 15.6. The Morgan fingerprint density at radius 1 is 1.45 bits per heavy atom. The summed E-state index contributed by atoms with van der Waals surface area (Å²) in [6.07, 6.45) is 5.65. The van der Waals surface area contributed by atoms with E-state index in [0.29, 0.717) is 23.2 Å². The van der Waals surface area contributed by atoms with Crippen molar-refractivity contribution < 1.29 is 0 Å². The van der Waals surface area contributed by atoms with Crippen LogP contribution in [0.5, 0.6) is 0 Å². The molecule has 2 aromatic rings. The number of nitrogens with zero attached hydrogens (tertiary/aromatic N) is 5. The van der Waals surface area contributed by atoms with Crippen LogP contribution in [0.3, 0.4) is 0 Å². The molecule has 3 rings (SSSR count). The van der Waals surface area contributed by atoms with Crippen LogP contribution in [0.25, 0.3) is 5.95 Å². The Morgan fingerprint density at radius 3 is 2.75 bits per heavy atom. The van der Waals surface area contributed by atoms with E-state index in [1.54, 1.807) is 18.5 Å². The zero-order valence-electron chi connectivity index (χ0n) is 11.1. The second-order valence-electron chi connectivity index (χ2n) is 4.95. The van der Waals surface area contributed by atoms with Crippen LogP contribution < -0.4 is 11.1 Å².